The summed E-state index contributed by atoms with van der Waals surface area (Å²) >= 11 is 0. The van der Waals surface area contributed by atoms with Gasteiger partial charge in [0, 0.05) is 29.9 Å². The van der Waals surface area contributed by atoms with E-state index in [0.29, 0.717) is 30.7 Å². The quantitative estimate of drug-likeness (QED) is 0.231. The highest BCUT2D eigenvalue weighted by Crippen LogP contribution is 2.37. The Hall–Kier alpha value is -4.68. The third-order valence-corrected chi connectivity index (χ3v) is 7.33. The lowest BCUT2D eigenvalue weighted by molar-refractivity contribution is -0.141. The molecule has 13 heteroatoms. The van der Waals surface area contributed by atoms with Crippen molar-refractivity contribution in [1.29, 1.82) is 0 Å². The Kier molecular flexibility index (Phi) is 8.25. The van der Waals surface area contributed by atoms with Crippen molar-refractivity contribution in [3.05, 3.63) is 107 Å². The molecule has 43 heavy (non-hydrogen) atoms. The first-order valence-electron chi connectivity index (χ1n) is 13.4. The molecule has 224 valence electrons. The zero-order valence-corrected chi connectivity index (χ0v) is 22.5. The number of hydrogen-bond donors (Lipinski definition) is 2. The molecule has 1 aliphatic rings. The molecule has 2 amide bonds. The maximum absolute atomic E-state index is 14.2. The molecule has 0 spiro atoms. The summed E-state index contributed by atoms with van der Waals surface area (Å²) in [5, 5.41) is 2.67. The van der Waals surface area contributed by atoms with E-state index in [2.05, 4.69) is 15.3 Å². The van der Waals surface area contributed by atoms with Gasteiger partial charge in [-0.2, -0.15) is 13.2 Å². The number of benzene rings is 2. The summed E-state index contributed by atoms with van der Waals surface area (Å²) in [6.07, 6.45) is -0.353. The van der Waals surface area contributed by atoms with Crippen LogP contribution in [0.4, 0.5) is 31.1 Å². The Morgan fingerprint density at radius 1 is 1.02 bits per heavy atom. The average Bonchev–Trinajstić information content (AvgIpc) is 3.63. The van der Waals surface area contributed by atoms with Crippen molar-refractivity contribution >= 4 is 11.9 Å². The maximum atomic E-state index is 14.2. The summed E-state index contributed by atoms with van der Waals surface area (Å²) < 4.78 is 84.2. The van der Waals surface area contributed by atoms with Crippen LogP contribution in [0.3, 0.4) is 0 Å². The lowest BCUT2D eigenvalue weighted by Crippen LogP contribution is -2.35. The number of halogens is 6. The second-order valence-electron chi connectivity index (χ2n) is 10.3. The van der Waals surface area contributed by atoms with E-state index in [1.807, 2.05) is 0 Å². The summed E-state index contributed by atoms with van der Waals surface area (Å²) in [7, 11) is 0. The minimum Gasteiger partial charge on any atom is -0.366 e. The zero-order valence-electron chi connectivity index (χ0n) is 22.5. The summed E-state index contributed by atoms with van der Waals surface area (Å²) in [6, 6.07) is 7.35. The van der Waals surface area contributed by atoms with Gasteiger partial charge in [-0.1, -0.05) is 25.0 Å². The third-order valence-electron chi connectivity index (χ3n) is 7.33. The van der Waals surface area contributed by atoms with Crippen molar-refractivity contribution in [1.82, 2.24) is 19.9 Å². The predicted molar refractivity (Wildman–Crippen MR) is 143 cm³/mol. The Balaban J connectivity index is 1.59. The fourth-order valence-corrected chi connectivity index (χ4v) is 5.39. The number of nitrogens with two attached hydrogens (primary N) is 1. The van der Waals surface area contributed by atoms with Crippen molar-refractivity contribution in [2.45, 2.75) is 50.2 Å². The van der Waals surface area contributed by atoms with Gasteiger partial charge >= 0.3 is 12.2 Å². The molecule has 2 aromatic heterocycles. The van der Waals surface area contributed by atoms with Gasteiger partial charge in [-0.15, -0.1) is 0 Å². The van der Waals surface area contributed by atoms with Gasteiger partial charge in [0.15, 0.2) is 5.69 Å². The molecule has 4 aromatic rings. The molecule has 0 unspecified atom stereocenters. The average molecular weight is 602 g/mol. The lowest BCUT2D eigenvalue weighted by Gasteiger charge is -2.23. The van der Waals surface area contributed by atoms with Gasteiger partial charge in [-0.05, 0) is 60.7 Å². The van der Waals surface area contributed by atoms with Crippen LogP contribution in [0.25, 0.3) is 11.1 Å². The number of hydrogen-bond acceptors (Lipinski definition) is 4. The first kappa shape index (κ1) is 29.8. The number of alkyl halides is 3. The fourth-order valence-electron chi connectivity index (χ4n) is 5.39. The SMILES string of the molecule is NC(=O)c1cc(-c2cccnc2[C@H](Cc2cc(F)cc(F)c2)NC(=O)n2cc(C(F)(F)F)nc2C2CCCC2)ccc1F. The van der Waals surface area contributed by atoms with Crippen LogP contribution >= 0.6 is 0 Å². The first-order valence-corrected chi connectivity index (χ1v) is 13.4. The number of aromatic nitrogens is 3. The van der Waals surface area contributed by atoms with Gasteiger partial charge in [0.05, 0.1) is 17.3 Å². The van der Waals surface area contributed by atoms with Crippen LogP contribution in [0.5, 0.6) is 0 Å². The molecule has 0 aliphatic heterocycles. The molecule has 7 nitrogen and oxygen atoms in total. The molecule has 2 heterocycles. The number of nitrogens with zero attached hydrogens (tertiary/aromatic N) is 3. The normalized spacial score (nSPS) is 14.6. The molecule has 3 N–H and O–H groups in total. The minimum absolute atomic E-state index is 0.0382. The van der Waals surface area contributed by atoms with Crippen LogP contribution in [-0.4, -0.2) is 26.5 Å². The summed E-state index contributed by atoms with van der Waals surface area (Å²) in [4.78, 5) is 33.6. The molecule has 1 saturated carbocycles. The molecule has 1 aliphatic carbocycles. The number of carbonyl (C=O) groups is 2. The topological polar surface area (TPSA) is 103 Å². The third kappa shape index (κ3) is 6.55. The van der Waals surface area contributed by atoms with Crippen molar-refractivity contribution in [3.8, 4) is 11.1 Å². The van der Waals surface area contributed by atoms with Crippen LogP contribution in [0, 0.1) is 17.5 Å². The summed E-state index contributed by atoms with van der Waals surface area (Å²) in [5.74, 6) is -4.04. The monoisotopic (exact) mass is 601 g/mol. The van der Waals surface area contributed by atoms with E-state index in [9.17, 15) is 35.9 Å². The van der Waals surface area contributed by atoms with Crippen LogP contribution in [0.15, 0.2) is 60.9 Å². The number of rotatable bonds is 7. The van der Waals surface area contributed by atoms with E-state index in [4.69, 9.17) is 5.73 Å². The largest absolute Gasteiger partial charge is 0.434 e. The highest BCUT2D eigenvalue weighted by atomic mass is 19.4. The van der Waals surface area contributed by atoms with Gasteiger partial charge in [-0.3, -0.25) is 14.3 Å². The van der Waals surface area contributed by atoms with E-state index in [-0.39, 0.29) is 35.0 Å². The highest BCUT2D eigenvalue weighted by molar-refractivity contribution is 5.94. The van der Waals surface area contributed by atoms with Crippen molar-refractivity contribution in [3.63, 3.8) is 0 Å². The number of pyridine rings is 1. The highest BCUT2D eigenvalue weighted by Gasteiger charge is 2.37. The second kappa shape index (κ2) is 11.9. The number of carbonyl (C=O) groups excluding carboxylic acids is 2. The molecule has 1 atom stereocenters. The molecule has 5 rings (SSSR count). The number of nitrogens with one attached hydrogen (secondary N) is 1. The van der Waals surface area contributed by atoms with Crippen LogP contribution in [-0.2, 0) is 12.6 Å². The van der Waals surface area contributed by atoms with Gasteiger partial charge in [0.25, 0.3) is 5.91 Å². The van der Waals surface area contributed by atoms with Gasteiger partial charge in [0.1, 0.15) is 23.3 Å². The van der Waals surface area contributed by atoms with E-state index >= 15 is 0 Å². The smallest absolute Gasteiger partial charge is 0.366 e. The van der Waals surface area contributed by atoms with E-state index in [1.54, 1.807) is 6.07 Å². The van der Waals surface area contributed by atoms with Crippen molar-refractivity contribution in [2.24, 2.45) is 5.73 Å². The van der Waals surface area contributed by atoms with Gasteiger partial charge in [-0.25, -0.2) is 22.9 Å². The second-order valence-corrected chi connectivity index (χ2v) is 10.3. The number of primary amides is 1. The van der Waals surface area contributed by atoms with E-state index in [0.717, 1.165) is 35.6 Å². The predicted octanol–water partition coefficient (Wildman–Crippen LogP) is 6.68. The summed E-state index contributed by atoms with van der Waals surface area (Å²) in [6.45, 7) is 0. The van der Waals surface area contributed by atoms with Crippen LogP contribution in [0.2, 0.25) is 0 Å². The maximum Gasteiger partial charge on any atom is 0.434 e. The van der Waals surface area contributed by atoms with Crippen LogP contribution in [0.1, 0.15) is 70.8 Å². The van der Waals surface area contributed by atoms with Crippen LogP contribution < -0.4 is 11.1 Å². The van der Waals surface area contributed by atoms with E-state index in [1.165, 1.54) is 24.4 Å². The molecule has 2 aromatic carbocycles. The fraction of sp³-hybridized carbons (Fsp3) is 0.267. The lowest BCUT2D eigenvalue weighted by atomic mass is 9.94. The van der Waals surface area contributed by atoms with E-state index < -0.39 is 52.9 Å². The Labute approximate surface area is 241 Å². The zero-order chi connectivity index (χ0) is 30.9. The van der Waals surface area contributed by atoms with Gasteiger partial charge in [0.2, 0.25) is 0 Å². The van der Waals surface area contributed by atoms with Gasteiger partial charge < -0.3 is 11.1 Å². The minimum atomic E-state index is -4.80. The summed E-state index contributed by atoms with van der Waals surface area (Å²) in [5.41, 5.74) is 4.54. The molecule has 0 bridgehead atoms. The Morgan fingerprint density at radius 3 is 2.37 bits per heavy atom. The number of imidazole rings is 1. The Morgan fingerprint density at radius 2 is 1.72 bits per heavy atom. The molecular weight excluding hydrogens is 576 g/mol. The van der Waals surface area contributed by atoms with Crippen molar-refractivity contribution < 1.29 is 35.9 Å². The molecule has 0 radical (unpaired) electrons. The Bertz CT molecular complexity index is 1660. The first-order chi connectivity index (χ1) is 20.4. The molecule has 0 saturated heterocycles. The molecule has 1 fully saturated rings. The number of amides is 2. The van der Waals surface area contributed by atoms with Crippen molar-refractivity contribution in [2.75, 3.05) is 0 Å². The molecular formula is C30H25F6N5O2. The standard InChI is InChI=1S/C30H25F6N5O2/c31-19-10-16(11-20(32)14-19)12-24(26-21(6-3-9-38-26)18-7-8-23(33)22(13-18)27(37)42)39-29(43)41-15-25(30(34,35)36)40-28(41)17-4-1-2-5-17/h3,6-11,13-15,17,24H,1-2,4-5,12H2,(H2,37,42)(H,39,43)/t24-/m0/s1.